The third-order valence-corrected chi connectivity index (χ3v) is 6.39. The van der Waals surface area contributed by atoms with Gasteiger partial charge in [0.05, 0.1) is 11.5 Å². The number of fused-ring (bicyclic) bond motifs is 1. The maximum Gasteiger partial charge on any atom is 0.277 e. The quantitative estimate of drug-likeness (QED) is 0.430. The lowest BCUT2D eigenvalue weighted by atomic mass is 9.90. The van der Waals surface area contributed by atoms with Gasteiger partial charge in [0.2, 0.25) is 0 Å². The number of hydrogen-bond acceptors (Lipinski definition) is 8. The summed E-state index contributed by atoms with van der Waals surface area (Å²) >= 11 is 0. The van der Waals surface area contributed by atoms with Crippen LogP contribution >= 0.6 is 0 Å². The Kier molecular flexibility index (Phi) is 6.39. The molecular formula is C25H25N5O4. The van der Waals surface area contributed by atoms with E-state index in [-0.39, 0.29) is 24.1 Å². The van der Waals surface area contributed by atoms with Crippen LogP contribution in [0.25, 0.3) is 22.0 Å². The molecular weight excluding hydrogens is 434 g/mol. The van der Waals surface area contributed by atoms with E-state index in [1.165, 1.54) is 11.0 Å². The Hall–Kier alpha value is -3.53. The second kappa shape index (κ2) is 9.76. The van der Waals surface area contributed by atoms with E-state index in [2.05, 4.69) is 20.3 Å². The minimum Gasteiger partial charge on any atom is -0.387 e. The van der Waals surface area contributed by atoms with Crippen molar-refractivity contribution in [1.29, 1.82) is 0 Å². The zero-order valence-electron chi connectivity index (χ0n) is 18.4. The summed E-state index contributed by atoms with van der Waals surface area (Å²) in [5, 5.41) is 29.2. The molecule has 5 rings (SSSR count). The third kappa shape index (κ3) is 4.58. The SMILES string of the molecule is O=c1c2ccccc2nnn1CC[C@@H]1[C@@H](O)[C@H](O)O[C@@H]1CCc1ccc(-c2cncnc2)cc1. The smallest absolute Gasteiger partial charge is 0.277 e. The molecule has 3 heterocycles. The lowest BCUT2D eigenvalue weighted by molar-refractivity contribution is -0.127. The predicted molar refractivity (Wildman–Crippen MR) is 125 cm³/mol. The van der Waals surface area contributed by atoms with Crippen LogP contribution in [0, 0.1) is 5.92 Å². The molecule has 1 aliphatic heterocycles. The largest absolute Gasteiger partial charge is 0.387 e. The highest BCUT2D eigenvalue weighted by molar-refractivity contribution is 5.76. The van der Waals surface area contributed by atoms with Crippen molar-refractivity contribution in [1.82, 2.24) is 25.0 Å². The first-order valence-corrected chi connectivity index (χ1v) is 11.3. The Labute approximate surface area is 195 Å². The van der Waals surface area contributed by atoms with Gasteiger partial charge in [0.1, 0.15) is 17.9 Å². The number of hydrogen-bond donors (Lipinski definition) is 2. The second-order valence-corrected chi connectivity index (χ2v) is 8.51. The number of aryl methyl sites for hydroxylation is 2. The molecule has 0 unspecified atom stereocenters. The molecule has 34 heavy (non-hydrogen) atoms. The van der Waals surface area contributed by atoms with Crippen LogP contribution < -0.4 is 5.56 Å². The minimum absolute atomic E-state index is 0.222. The monoisotopic (exact) mass is 459 g/mol. The van der Waals surface area contributed by atoms with Gasteiger partial charge in [-0.05, 0) is 42.5 Å². The first kappa shape index (κ1) is 22.3. The Bertz CT molecular complexity index is 1310. The molecule has 9 nitrogen and oxygen atoms in total. The first-order valence-electron chi connectivity index (χ1n) is 11.3. The number of aromatic nitrogens is 5. The highest BCUT2D eigenvalue weighted by Crippen LogP contribution is 2.32. The van der Waals surface area contributed by atoms with Crippen LogP contribution in [0.1, 0.15) is 18.4 Å². The fourth-order valence-electron chi connectivity index (χ4n) is 4.49. The van der Waals surface area contributed by atoms with Crippen molar-refractivity contribution in [2.75, 3.05) is 0 Å². The fraction of sp³-hybridized carbons (Fsp3) is 0.320. The van der Waals surface area contributed by atoms with Crippen molar-refractivity contribution in [3.63, 3.8) is 0 Å². The normalized spacial score (nSPS) is 22.3. The molecule has 0 saturated carbocycles. The molecule has 2 N–H and O–H groups in total. The van der Waals surface area contributed by atoms with Crippen molar-refractivity contribution in [2.24, 2.45) is 5.92 Å². The molecule has 4 atom stereocenters. The molecule has 1 saturated heterocycles. The van der Waals surface area contributed by atoms with E-state index in [1.807, 2.05) is 30.3 Å². The van der Waals surface area contributed by atoms with E-state index >= 15 is 0 Å². The van der Waals surface area contributed by atoms with Gasteiger partial charge < -0.3 is 14.9 Å². The molecule has 2 aromatic carbocycles. The Morgan fingerprint density at radius 1 is 0.941 bits per heavy atom. The van der Waals surface area contributed by atoms with Crippen LogP contribution in [0.3, 0.4) is 0 Å². The highest BCUT2D eigenvalue weighted by atomic mass is 16.6. The topological polar surface area (TPSA) is 123 Å². The van der Waals surface area contributed by atoms with Crippen LogP contribution in [0.2, 0.25) is 0 Å². The highest BCUT2D eigenvalue weighted by Gasteiger charge is 2.42. The molecule has 2 aromatic heterocycles. The molecule has 0 bridgehead atoms. The lowest BCUT2D eigenvalue weighted by Gasteiger charge is -2.20. The van der Waals surface area contributed by atoms with Gasteiger partial charge in [-0.25, -0.2) is 14.6 Å². The number of aliphatic hydroxyl groups excluding tert-OH is 2. The summed E-state index contributed by atoms with van der Waals surface area (Å²) in [7, 11) is 0. The standard InChI is InChI=1S/C25H25N5O4/c31-23-20(11-12-30-24(32)19-3-1-2-4-21(19)28-29-30)22(34-25(23)33)10-7-16-5-8-17(9-6-16)18-13-26-15-27-14-18/h1-6,8-9,13-15,20,22-23,25,31,33H,7,10-12H2/t20-,22+,23+,25+/m0/s1. The number of rotatable bonds is 7. The van der Waals surface area contributed by atoms with E-state index in [0.717, 1.165) is 23.1 Å². The van der Waals surface area contributed by atoms with Crippen LogP contribution in [-0.2, 0) is 17.7 Å². The van der Waals surface area contributed by atoms with E-state index in [9.17, 15) is 15.0 Å². The van der Waals surface area contributed by atoms with Crippen molar-refractivity contribution < 1.29 is 14.9 Å². The third-order valence-electron chi connectivity index (χ3n) is 6.39. The number of aliphatic hydroxyl groups is 2. The fourth-order valence-corrected chi connectivity index (χ4v) is 4.49. The summed E-state index contributed by atoms with van der Waals surface area (Å²) in [6, 6.07) is 15.2. The summed E-state index contributed by atoms with van der Waals surface area (Å²) in [5.74, 6) is -0.323. The van der Waals surface area contributed by atoms with Crippen molar-refractivity contribution in [2.45, 2.75) is 44.3 Å². The molecule has 1 fully saturated rings. The van der Waals surface area contributed by atoms with Crippen molar-refractivity contribution in [3.8, 4) is 11.1 Å². The van der Waals surface area contributed by atoms with Crippen LogP contribution in [0.15, 0.2) is 72.0 Å². The first-order chi connectivity index (χ1) is 16.6. The van der Waals surface area contributed by atoms with Gasteiger partial charge in [-0.15, -0.1) is 5.10 Å². The summed E-state index contributed by atoms with van der Waals surface area (Å²) in [4.78, 5) is 20.8. The molecule has 0 aliphatic carbocycles. The molecule has 4 aromatic rings. The van der Waals surface area contributed by atoms with E-state index in [4.69, 9.17) is 4.74 Å². The number of benzene rings is 2. The Morgan fingerprint density at radius 2 is 1.71 bits per heavy atom. The predicted octanol–water partition coefficient (Wildman–Crippen LogP) is 1.97. The summed E-state index contributed by atoms with van der Waals surface area (Å²) in [5.41, 5.74) is 3.43. The van der Waals surface area contributed by atoms with Crippen molar-refractivity contribution in [3.05, 3.63) is 83.2 Å². The van der Waals surface area contributed by atoms with E-state index in [1.54, 1.807) is 30.6 Å². The summed E-state index contributed by atoms with van der Waals surface area (Å²) in [6.07, 6.45) is 4.23. The zero-order valence-corrected chi connectivity index (χ0v) is 18.4. The Balaban J connectivity index is 1.24. The van der Waals surface area contributed by atoms with Crippen LogP contribution in [-0.4, -0.2) is 53.7 Å². The maximum absolute atomic E-state index is 12.7. The molecule has 174 valence electrons. The number of ether oxygens (including phenoxy) is 1. The van der Waals surface area contributed by atoms with Gasteiger partial charge in [0.15, 0.2) is 6.29 Å². The maximum atomic E-state index is 12.7. The van der Waals surface area contributed by atoms with Crippen molar-refractivity contribution >= 4 is 10.9 Å². The average Bonchev–Trinajstić information content (AvgIpc) is 3.15. The molecule has 9 heteroatoms. The lowest BCUT2D eigenvalue weighted by Crippen LogP contribution is -2.31. The van der Waals surface area contributed by atoms with Gasteiger partial charge in [-0.1, -0.05) is 41.6 Å². The molecule has 1 aliphatic rings. The zero-order chi connectivity index (χ0) is 23.5. The minimum atomic E-state index is -1.24. The molecule has 0 amide bonds. The van der Waals surface area contributed by atoms with Crippen LogP contribution in [0.4, 0.5) is 0 Å². The van der Waals surface area contributed by atoms with E-state index < -0.39 is 12.4 Å². The van der Waals surface area contributed by atoms with Gasteiger partial charge in [0, 0.05) is 30.4 Å². The van der Waals surface area contributed by atoms with Gasteiger partial charge in [0.25, 0.3) is 5.56 Å². The summed E-state index contributed by atoms with van der Waals surface area (Å²) < 4.78 is 6.96. The van der Waals surface area contributed by atoms with Gasteiger partial charge >= 0.3 is 0 Å². The van der Waals surface area contributed by atoms with Gasteiger partial charge in [-0.2, -0.15) is 0 Å². The Morgan fingerprint density at radius 3 is 2.50 bits per heavy atom. The second-order valence-electron chi connectivity index (χ2n) is 8.51. The van der Waals surface area contributed by atoms with Gasteiger partial charge in [-0.3, -0.25) is 4.79 Å². The molecule has 0 spiro atoms. The van der Waals surface area contributed by atoms with Crippen LogP contribution in [0.5, 0.6) is 0 Å². The summed E-state index contributed by atoms with van der Waals surface area (Å²) in [6.45, 7) is 0.277. The van der Waals surface area contributed by atoms with E-state index in [0.29, 0.717) is 23.7 Å². The molecule has 0 radical (unpaired) electrons. The average molecular weight is 460 g/mol. The number of nitrogens with zero attached hydrogens (tertiary/aromatic N) is 5.